The van der Waals surface area contributed by atoms with Crippen molar-refractivity contribution in [1.29, 1.82) is 0 Å². The first-order valence-corrected chi connectivity index (χ1v) is 7.43. The number of hydrogen-bond donors (Lipinski definition) is 2. The fraction of sp³-hybridized carbons (Fsp3) is 0.929. The Kier molecular flexibility index (Phi) is 9.57. The van der Waals surface area contributed by atoms with Gasteiger partial charge in [-0.25, -0.2) is 0 Å². The van der Waals surface area contributed by atoms with Gasteiger partial charge in [0.25, 0.3) is 0 Å². The normalized spacial score (nSPS) is 22.7. The van der Waals surface area contributed by atoms with Crippen LogP contribution in [0.15, 0.2) is 0 Å². The molecule has 1 amide bonds. The van der Waals surface area contributed by atoms with E-state index in [2.05, 4.69) is 5.32 Å². The minimum atomic E-state index is -0.0928. The zero-order chi connectivity index (χ0) is 14.6. The molecule has 1 rings (SSSR count). The second kappa shape index (κ2) is 11.0. The van der Waals surface area contributed by atoms with E-state index in [0.29, 0.717) is 38.5 Å². The van der Waals surface area contributed by atoms with Gasteiger partial charge in [-0.2, -0.15) is 0 Å². The third-order valence-electron chi connectivity index (χ3n) is 3.38. The summed E-state index contributed by atoms with van der Waals surface area (Å²) in [6, 6.07) is 0.354. The van der Waals surface area contributed by atoms with Gasteiger partial charge in [-0.15, -0.1) is 0 Å². The van der Waals surface area contributed by atoms with Crippen molar-refractivity contribution >= 4 is 5.91 Å². The SMILES string of the molecule is COCCOCC(=O)NCCCOC1CCC(N)CC1. The predicted octanol–water partition coefficient (Wildman–Crippen LogP) is 0.442. The summed E-state index contributed by atoms with van der Waals surface area (Å²) < 4.78 is 15.7. The van der Waals surface area contributed by atoms with Gasteiger partial charge in [-0.1, -0.05) is 0 Å². The quantitative estimate of drug-likeness (QED) is 0.570. The van der Waals surface area contributed by atoms with Gasteiger partial charge in [-0.05, 0) is 32.1 Å². The molecule has 118 valence electrons. The minimum Gasteiger partial charge on any atom is -0.382 e. The summed E-state index contributed by atoms with van der Waals surface area (Å²) in [6.07, 6.45) is 5.40. The van der Waals surface area contributed by atoms with Crippen molar-refractivity contribution in [1.82, 2.24) is 5.32 Å². The second-order valence-corrected chi connectivity index (χ2v) is 5.16. The minimum absolute atomic E-state index is 0.0880. The molecule has 0 aromatic carbocycles. The first-order chi connectivity index (χ1) is 9.72. The lowest BCUT2D eigenvalue weighted by molar-refractivity contribution is -0.126. The number of carbonyl (C=O) groups is 1. The molecule has 0 heterocycles. The Morgan fingerprint density at radius 1 is 1.20 bits per heavy atom. The monoisotopic (exact) mass is 288 g/mol. The molecule has 0 spiro atoms. The molecule has 3 N–H and O–H groups in total. The third-order valence-corrected chi connectivity index (χ3v) is 3.38. The first kappa shape index (κ1) is 17.4. The lowest BCUT2D eigenvalue weighted by Gasteiger charge is -2.26. The van der Waals surface area contributed by atoms with Crippen LogP contribution < -0.4 is 11.1 Å². The van der Waals surface area contributed by atoms with E-state index < -0.39 is 0 Å². The standard InChI is InChI=1S/C14H28N2O4/c1-18-9-10-19-11-14(17)16-7-2-8-20-13-5-3-12(15)4-6-13/h12-13H,2-11,15H2,1H3,(H,16,17). The van der Waals surface area contributed by atoms with Crippen molar-refractivity contribution in [2.75, 3.05) is 40.1 Å². The number of amides is 1. The Bertz CT molecular complexity index is 256. The second-order valence-electron chi connectivity index (χ2n) is 5.16. The van der Waals surface area contributed by atoms with E-state index in [4.69, 9.17) is 19.9 Å². The molecule has 20 heavy (non-hydrogen) atoms. The summed E-state index contributed by atoms with van der Waals surface area (Å²) >= 11 is 0. The van der Waals surface area contributed by atoms with Crippen molar-refractivity contribution < 1.29 is 19.0 Å². The maximum Gasteiger partial charge on any atom is 0.246 e. The maximum atomic E-state index is 11.4. The molecule has 0 bridgehead atoms. The van der Waals surface area contributed by atoms with E-state index in [1.807, 2.05) is 0 Å². The van der Waals surface area contributed by atoms with E-state index in [1.165, 1.54) is 0 Å². The molecule has 0 aliphatic heterocycles. The van der Waals surface area contributed by atoms with Gasteiger partial charge in [0.05, 0.1) is 19.3 Å². The summed E-state index contributed by atoms with van der Waals surface area (Å²) in [5.74, 6) is -0.0928. The van der Waals surface area contributed by atoms with E-state index in [0.717, 1.165) is 32.1 Å². The topological polar surface area (TPSA) is 82.8 Å². The van der Waals surface area contributed by atoms with E-state index in [-0.39, 0.29) is 12.5 Å². The molecular formula is C14H28N2O4. The molecule has 1 saturated carbocycles. The highest BCUT2D eigenvalue weighted by molar-refractivity contribution is 5.77. The van der Waals surface area contributed by atoms with Crippen molar-refractivity contribution in [3.05, 3.63) is 0 Å². The third kappa shape index (κ3) is 8.47. The number of nitrogens with two attached hydrogens (primary N) is 1. The predicted molar refractivity (Wildman–Crippen MR) is 76.5 cm³/mol. The van der Waals surface area contributed by atoms with Crippen molar-refractivity contribution in [3.63, 3.8) is 0 Å². The van der Waals surface area contributed by atoms with Crippen molar-refractivity contribution in [2.45, 2.75) is 44.2 Å². The molecule has 0 atom stereocenters. The van der Waals surface area contributed by atoms with Crippen LogP contribution >= 0.6 is 0 Å². The van der Waals surface area contributed by atoms with Crippen LogP contribution in [0.4, 0.5) is 0 Å². The summed E-state index contributed by atoms with van der Waals surface area (Å²) in [6.45, 7) is 2.34. The average molecular weight is 288 g/mol. The highest BCUT2D eigenvalue weighted by Crippen LogP contribution is 2.19. The van der Waals surface area contributed by atoms with E-state index in [9.17, 15) is 4.79 Å². The highest BCUT2D eigenvalue weighted by atomic mass is 16.5. The van der Waals surface area contributed by atoms with E-state index >= 15 is 0 Å². The number of hydrogen-bond acceptors (Lipinski definition) is 5. The first-order valence-electron chi connectivity index (χ1n) is 7.43. The summed E-state index contributed by atoms with van der Waals surface area (Å²) in [7, 11) is 1.60. The number of carbonyl (C=O) groups excluding carboxylic acids is 1. The summed E-state index contributed by atoms with van der Waals surface area (Å²) in [5, 5.41) is 2.80. The fourth-order valence-corrected chi connectivity index (χ4v) is 2.16. The van der Waals surface area contributed by atoms with Crippen LogP contribution in [0.25, 0.3) is 0 Å². The number of nitrogens with one attached hydrogen (secondary N) is 1. The van der Waals surface area contributed by atoms with Crippen molar-refractivity contribution in [2.24, 2.45) is 5.73 Å². The van der Waals surface area contributed by atoms with Gasteiger partial charge in [0.15, 0.2) is 0 Å². The molecule has 6 heteroatoms. The molecule has 1 aliphatic carbocycles. The van der Waals surface area contributed by atoms with Gasteiger partial charge in [0.2, 0.25) is 5.91 Å². The van der Waals surface area contributed by atoms with Crippen LogP contribution in [0, 0.1) is 0 Å². The zero-order valence-electron chi connectivity index (χ0n) is 12.4. The Hall–Kier alpha value is -0.690. The van der Waals surface area contributed by atoms with Crippen LogP contribution in [-0.4, -0.2) is 58.1 Å². The van der Waals surface area contributed by atoms with Crippen LogP contribution in [0.1, 0.15) is 32.1 Å². The fourth-order valence-electron chi connectivity index (χ4n) is 2.16. The average Bonchev–Trinajstić information content (AvgIpc) is 2.45. The van der Waals surface area contributed by atoms with Crippen LogP contribution in [0.5, 0.6) is 0 Å². The molecule has 0 aromatic rings. The summed E-state index contributed by atoms with van der Waals surface area (Å²) in [4.78, 5) is 11.4. The van der Waals surface area contributed by atoms with Crippen LogP contribution in [0.2, 0.25) is 0 Å². The summed E-state index contributed by atoms with van der Waals surface area (Å²) in [5.41, 5.74) is 5.84. The maximum absolute atomic E-state index is 11.4. The molecule has 1 aliphatic rings. The van der Waals surface area contributed by atoms with Gasteiger partial charge >= 0.3 is 0 Å². The van der Waals surface area contributed by atoms with Crippen molar-refractivity contribution in [3.8, 4) is 0 Å². The highest BCUT2D eigenvalue weighted by Gasteiger charge is 2.18. The lowest BCUT2D eigenvalue weighted by Crippen LogP contribution is -2.32. The number of rotatable bonds is 10. The Morgan fingerprint density at radius 3 is 2.65 bits per heavy atom. The molecule has 0 saturated heterocycles. The van der Waals surface area contributed by atoms with Gasteiger partial charge in [0.1, 0.15) is 6.61 Å². The molecule has 0 radical (unpaired) electrons. The molecule has 1 fully saturated rings. The largest absolute Gasteiger partial charge is 0.382 e. The Labute approximate surface area is 121 Å². The zero-order valence-corrected chi connectivity index (χ0v) is 12.4. The van der Waals surface area contributed by atoms with Gasteiger partial charge in [-0.3, -0.25) is 4.79 Å². The van der Waals surface area contributed by atoms with Gasteiger partial charge in [0, 0.05) is 26.3 Å². The number of methoxy groups -OCH3 is 1. The molecule has 6 nitrogen and oxygen atoms in total. The Balaban J connectivity index is 1.87. The smallest absolute Gasteiger partial charge is 0.246 e. The van der Waals surface area contributed by atoms with E-state index in [1.54, 1.807) is 7.11 Å². The Morgan fingerprint density at radius 2 is 1.95 bits per heavy atom. The lowest BCUT2D eigenvalue weighted by atomic mass is 9.94. The van der Waals surface area contributed by atoms with Gasteiger partial charge < -0.3 is 25.3 Å². The molecule has 0 unspecified atom stereocenters. The van der Waals surface area contributed by atoms with Crippen LogP contribution in [-0.2, 0) is 19.0 Å². The molecular weight excluding hydrogens is 260 g/mol. The number of ether oxygens (including phenoxy) is 3. The molecule has 0 aromatic heterocycles. The van der Waals surface area contributed by atoms with Crippen LogP contribution in [0.3, 0.4) is 0 Å².